The van der Waals surface area contributed by atoms with Crippen LogP contribution in [0.3, 0.4) is 0 Å². The molecule has 0 saturated carbocycles. The van der Waals surface area contributed by atoms with Crippen molar-refractivity contribution in [2.75, 3.05) is 11.1 Å². The molecule has 4 N–H and O–H groups in total. The van der Waals surface area contributed by atoms with E-state index in [2.05, 4.69) is 20.9 Å². The quantitative estimate of drug-likeness (QED) is 0.367. The van der Waals surface area contributed by atoms with E-state index in [1.54, 1.807) is 24.3 Å². The highest BCUT2D eigenvalue weighted by molar-refractivity contribution is 6.06. The molecule has 0 radical (unpaired) electrons. The fraction of sp³-hybridized carbons (Fsp3) is 0.217. The number of halogens is 1. The number of benzene rings is 2. The molecule has 0 spiro atoms. The second-order valence-corrected chi connectivity index (χ2v) is 8.32. The summed E-state index contributed by atoms with van der Waals surface area (Å²) in [7, 11) is 0. The minimum Gasteiger partial charge on any atom is -0.396 e. The number of piperidine rings is 1. The second-order valence-electron chi connectivity index (χ2n) is 8.32. The molecule has 178 valence electrons. The van der Waals surface area contributed by atoms with Crippen LogP contribution in [0.1, 0.15) is 28.8 Å². The molecule has 1 unspecified atom stereocenters. The van der Waals surface area contributed by atoms with E-state index in [-0.39, 0.29) is 43.4 Å². The molecular formula is C23H20FN7O4. The van der Waals surface area contributed by atoms with Gasteiger partial charge in [-0.15, -0.1) is 5.10 Å². The molecule has 3 aromatic rings. The molecule has 12 heteroatoms. The van der Waals surface area contributed by atoms with E-state index in [0.29, 0.717) is 28.1 Å². The lowest BCUT2D eigenvalue weighted by molar-refractivity contribution is -0.137. The van der Waals surface area contributed by atoms with Crippen LogP contribution in [0, 0.1) is 5.82 Å². The molecule has 1 atom stereocenters. The first kappa shape index (κ1) is 22.2. The van der Waals surface area contributed by atoms with Crippen LogP contribution in [-0.4, -0.2) is 49.6 Å². The predicted octanol–water partition coefficient (Wildman–Crippen LogP) is 1.07. The van der Waals surface area contributed by atoms with E-state index < -0.39 is 23.7 Å². The van der Waals surface area contributed by atoms with Crippen molar-refractivity contribution in [1.82, 2.24) is 25.2 Å². The number of amides is 4. The summed E-state index contributed by atoms with van der Waals surface area (Å²) in [6.45, 7) is -0.0357. The lowest BCUT2D eigenvalue weighted by atomic mass is 10.0. The van der Waals surface area contributed by atoms with Crippen molar-refractivity contribution in [1.29, 1.82) is 0 Å². The third kappa shape index (κ3) is 4.21. The Labute approximate surface area is 198 Å². The van der Waals surface area contributed by atoms with Gasteiger partial charge < -0.3 is 16.0 Å². The first-order valence-corrected chi connectivity index (χ1v) is 10.8. The van der Waals surface area contributed by atoms with Gasteiger partial charge in [0.1, 0.15) is 24.1 Å². The van der Waals surface area contributed by atoms with Crippen LogP contribution in [0.15, 0.2) is 42.6 Å². The largest absolute Gasteiger partial charge is 0.396 e. The maximum atomic E-state index is 13.7. The number of anilines is 2. The number of aromatic nitrogens is 3. The number of imide groups is 1. The highest BCUT2D eigenvalue weighted by Gasteiger charge is 2.39. The normalized spacial score (nSPS) is 17.3. The lowest BCUT2D eigenvalue weighted by Gasteiger charge is -2.29. The summed E-state index contributed by atoms with van der Waals surface area (Å²) in [4.78, 5) is 50.8. The zero-order valence-electron chi connectivity index (χ0n) is 18.3. The number of carbonyl (C=O) groups excluding carboxylic acids is 4. The molecular weight excluding hydrogens is 457 g/mol. The number of carbonyl (C=O) groups is 4. The number of nitrogen functional groups attached to an aromatic ring is 1. The number of fused-ring (bicyclic) bond motifs is 1. The zero-order chi connectivity index (χ0) is 24.7. The van der Waals surface area contributed by atoms with Crippen LogP contribution < -0.4 is 16.4 Å². The summed E-state index contributed by atoms with van der Waals surface area (Å²) in [5, 5.41) is 12.9. The molecule has 0 aliphatic carbocycles. The first-order valence-electron chi connectivity index (χ1n) is 10.8. The van der Waals surface area contributed by atoms with Crippen molar-refractivity contribution in [2.45, 2.75) is 32.0 Å². The number of nitrogens with one attached hydrogen (secondary N) is 2. The van der Waals surface area contributed by atoms with Gasteiger partial charge in [-0.3, -0.25) is 24.5 Å². The molecule has 2 aliphatic rings. The van der Waals surface area contributed by atoms with Gasteiger partial charge in [-0.05, 0) is 30.7 Å². The van der Waals surface area contributed by atoms with Crippen molar-refractivity contribution < 1.29 is 23.6 Å². The van der Waals surface area contributed by atoms with Gasteiger partial charge in [0.05, 0.1) is 11.9 Å². The molecule has 1 aromatic heterocycles. The summed E-state index contributed by atoms with van der Waals surface area (Å²) >= 11 is 0. The van der Waals surface area contributed by atoms with Crippen molar-refractivity contribution in [3.05, 3.63) is 59.5 Å². The SMILES string of the molecule is Nc1ccc(-c2cn(CC(=O)Nc3cccc4c3CN(C3CCC(=O)NC3=O)C4=O)nn2)cc1F. The van der Waals surface area contributed by atoms with E-state index >= 15 is 0 Å². The van der Waals surface area contributed by atoms with Gasteiger partial charge in [0, 0.05) is 35.3 Å². The summed E-state index contributed by atoms with van der Waals surface area (Å²) in [5.41, 5.74) is 7.78. The van der Waals surface area contributed by atoms with E-state index in [1.807, 2.05) is 0 Å². The molecule has 0 bridgehead atoms. The van der Waals surface area contributed by atoms with Gasteiger partial charge in [-0.25, -0.2) is 9.07 Å². The summed E-state index contributed by atoms with van der Waals surface area (Å²) in [5.74, 6) is -2.18. The number of rotatable bonds is 5. The molecule has 1 fully saturated rings. The van der Waals surface area contributed by atoms with Gasteiger partial charge in [0.2, 0.25) is 17.7 Å². The Morgan fingerprint density at radius 1 is 1.23 bits per heavy atom. The molecule has 2 aliphatic heterocycles. The fourth-order valence-corrected chi connectivity index (χ4v) is 4.23. The van der Waals surface area contributed by atoms with Crippen molar-refractivity contribution in [2.24, 2.45) is 0 Å². The monoisotopic (exact) mass is 477 g/mol. The Kier molecular flexibility index (Phi) is 5.47. The Balaban J connectivity index is 1.29. The van der Waals surface area contributed by atoms with Crippen molar-refractivity contribution in [3.63, 3.8) is 0 Å². The van der Waals surface area contributed by atoms with E-state index in [4.69, 9.17) is 5.73 Å². The minimum absolute atomic E-state index is 0.0190. The van der Waals surface area contributed by atoms with Crippen LogP contribution in [0.2, 0.25) is 0 Å². The Morgan fingerprint density at radius 2 is 2.06 bits per heavy atom. The summed E-state index contributed by atoms with van der Waals surface area (Å²) in [6, 6.07) is 8.46. The Morgan fingerprint density at radius 3 is 2.83 bits per heavy atom. The second kappa shape index (κ2) is 8.63. The molecule has 35 heavy (non-hydrogen) atoms. The molecule has 1 saturated heterocycles. The van der Waals surface area contributed by atoms with Gasteiger partial charge >= 0.3 is 0 Å². The van der Waals surface area contributed by atoms with Crippen LogP contribution in [0.4, 0.5) is 15.8 Å². The van der Waals surface area contributed by atoms with Crippen LogP contribution in [0.25, 0.3) is 11.3 Å². The smallest absolute Gasteiger partial charge is 0.255 e. The average molecular weight is 477 g/mol. The van der Waals surface area contributed by atoms with Gasteiger partial charge in [-0.1, -0.05) is 17.3 Å². The fourth-order valence-electron chi connectivity index (χ4n) is 4.23. The number of hydrogen-bond donors (Lipinski definition) is 3. The highest BCUT2D eigenvalue weighted by atomic mass is 19.1. The van der Waals surface area contributed by atoms with Crippen LogP contribution >= 0.6 is 0 Å². The predicted molar refractivity (Wildman–Crippen MR) is 121 cm³/mol. The molecule has 3 heterocycles. The van der Waals surface area contributed by atoms with E-state index in [1.165, 1.54) is 27.9 Å². The van der Waals surface area contributed by atoms with E-state index in [9.17, 15) is 23.6 Å². The minimum atomic E-state index is -0.747. The van der Waals surface area contributed by atoms with Crippen LogP contribution in [-0.2, 0) is 27.5 Å². The average Bonchev–Trinajstić information content (AvgIpc) is 3.41. The Bertz CT molecular complexity index is 1390. The lowest BCUT2D eigenvalue weighted by Crippen LogP contribution is -2.52. The van der Waals surface area contributed by atoms with Crippen molar-refractivity contribution >= 4 is 35.0 Å². The maximum absolute atomic E-state index is 13.7. The molecule has 5 rings (SSSR count). The van der Waals surface area contributed by atoms with Gasteiger partial charge in [-0.2, -0.15) is 0 Å². The van der Waals surface area contributed by atoms with Crippen molar-refractivity contribution in [3.8, 4) is 11.3 Å². The number of hydrogen-bond acceptors (Lipinski definition) is 7. The van der Waals surface area contributed by atoms with Crippen LogP contribution in [0.5, 0.6) is 0 Å². The molecule has 4 amide bonds. The third-order valence-electron chi connectivity index (χ3n) is 6.00. The standard InChI is InChI=1S/C23H20FN7O4/c24-15-8-12(4-5-16(15)25)18-10-30(29-28-18)11-21(33)26-17-3-1-2-13-14(17)9-31(23(13)35)19-6-7-20(32)27-22(19)34/h1-5,8,10,19H,6-7,9,11,25H2,(H,26,33)(H,27,32,34). The summed E-state index contributed by atoms with van der Waals surface area (Å²) < 4.78 is 15.0. The summed E-state index contributed by atoms with van der Waals surface area (Å²) in [6.07, 6.45) is 1.91. The zero-order valence-corrected chi connectivity index (χ0v) is 18.3. The molecule has 2 aromatic carbocycles. The molecule has 11 nitrogen and oxygen atoms in total. The number of nitrogens with zero attached hydrogens (tertiary/aromatic N) is 4. The highest BCUT2D eigenvalue weighted by Crippen LogP contribution is 2.32. The van der Waals surface area contributed by atoms with E-state index in [0.717, 1.165) is 0 Å². The topological polar surface area (TPSA) is 152 Å². The number of nitrogens with two attached hydrogens (primary N) is 1. The maximum Gasteiger partial charge on any atom is 0.255 e. The first-order chi connectivity index (χ1) is 16.8. The van der Waals surface area contributed by atoms with Gasteiger partial charge in [0.25, 0.3) is 5.91 Å². The van der Waals surface area contributed by atoms with Gasteiger partial charge in [0.15, 0.2) is 0 Å². The third-order valence-corrected chi connectivity index (χ3v) is 6.00. The Hall–Kier alpha value is -4.61.